The molecule has 0 saturated carbocycles. The lowest BCUT2D eigenvalue weighted by molar-refractivity contribution is 0.0767. The molecule has 28 heavy (non-hydrogen) atoms. The van der Waals surface area contributed by atoms with E-state index in [1.807, 2.05) is 38.6 Å². The summed E-state index contributed by atoms with van der Waals surface area (Å²) in [6.45, 7) is 5.24. The van der Waals surface area contributed by atoms with Gasteiger partial charge in [-0.15, -0.1) is 11.3 Å². The van der Waals surface area contributed by atoms with Crippen molar-refractivity contribution >= 4 is 29.0 Å². The first kappa shape index (κ1) is 18.5. The first-order valence-corrected chi connectivity index (χ1v) is 12.1. The average molecular weight is 416 g/mol. The third kappa shape index (κ3) is 3.44. The summed E-state index contributed by atoms with van der Waals surface area (Å²) in [5.74, 6) is 2.71. The zero-order valence-electron chi connectivity index (χ0n) is 15.9. The van der Waals surface area contributed by atoms with Gasteiger partial charge in [0.25, 0.3) is 11.5 Å². The van der Waals surface area contributed by atoms with Crippen molar-refractivity contribution in [2.45, 2.75) is 25.4 Å². The molecule has 5 rings (SSSR count). The van der Waals surface area contributed by atoms with Crippen LogP contribution in [0, 0.1) is 5.92 Å². The van der Waals surface area contributed by atoms with Gasteiger partial charge in [0.1, 0.15) is 5.56 Å². The number of likely N-dealkylation sites (tertiary alicyclic amines) is 1. The highest BCUT2D eigenvalue weighted by atomic mass is 32.2. The first-order valence-electron chi connectivity index (χ1n) is 10.0. The average Bonchev–Trinajstić information content (AvgIpc) is 3.22. The lowest BCUT2D eigenvalue weighted by atomic mass is 9.83. The molecule has 2 aromatic heterocycles. The fourth-order valence-electron chi connectivity index (χ4n) is 4.90. The van der Waals surface area contributed by atoms with Gasteiger partial charge in [0.2, 0.25) is 0 Å². The van der Waals surface area contributed by atoms with Crippen molar-refractivity contribution in [2.75, 3.05) is 37.7 Å². The molecule has 148 valence electrons. The van der Waals surface area contributed by atoms with Crippen LogP contribution in [0.3, 0.4) is 0 Å². The third-order valence-corrected chi connectivity index (χ3v) is 7.97. The van der Waals surface area contributed by atoms with Gasteiger partial charge in [-0.2, -0.15) is 11.8 Å². The molecule has 0 aromatic carbocycles. The smallest absolute Gasteiger partial charge is 0.263 e. The van der Waals surface area contributed by atoms with Crippen molar-refractivity contribution < 1.29 is 4.79 Å². The molecule has 0 unspecified atom stereocenters. The molecule has 0 N–H and O–H groups in total. The molecule has 5 nitrogen and oxygen atoms in total. The predicted molar refractivity (Wildman–Crippen MR) is 114 cm³/mol. The van der Waals surface area contributed by atoms with Gasteiger partial charge in [0.05, 0.1) is 0 Å². The van der Waals surface area contributed by atoms with E-state index >= 15 is 0 Å². The summed E-state index contributed by atoms with van der Waals surface area (Å²) in [6, 6.07) is 8.14. The summed E-state index contributed by atoms with van der Waals surface area (Å²) in [5, 5.41) is 2.13. The number of piperidine rings is 1. The lowest BCUT2D eigenvalue weighted by Gasteiger charge is -2.42. The minimum absolute atomic E-state index is 0.0814. The van der Waals surface area contributed by atoms with Gasteiger partial charge in [-0.05, 0) is 35.9 Å². The van der Waals surface area contributed by atoms with Crippen molar-refractivity contribution in [1.82, 2.24) is 14.4 Å². The van der Waals surface area contributed by atoms with Gasteiger partial charge in [0, 0.05) is 67.3 Å². The quantitative estimate of drug-likeness (QED) is 0.773. The molecule has 2 atom stereocenters. The highest BCUT2D eigenvalue weighted by Gasteiger charge is 2.35. The Labute approximate surface area is 173 Å². The number of thiophene rings is 1. The van der Waals surface area contributed by atoms with Crippen molar-refractivity contribution in [3.63, 3.8) is 0 Å². The Bertz CT molecular complexity index is 918. The minimum Gasteiger partial charge on any atom is -0.337 e. The Morgan fingerprint density at radius 1 is 1.11 bits per heavy atom. The van der Waals surface area contributed by atoms with E-state index in [0.717, 1.165) is 62.9 Å². The molecule has 2 fully saturated rings. The van der Waals surface area contributed by atoms with Gasteiger partial charge < -0.3 is 9.47 Å². The third-order valence-electron chi connectivity index (χ3n) is 6.17. The van der Waals surface area contributed by atoms with Crippen LogP contribution in [-0.4, -0.2) is 58.0 Å². The maximum Gasteiger partial charge on any atom is 0.263 e. The zero-order chi connectivity index (χ0) is 19.1. The van der Waals surface area contributed by atoms with Crippen molar-refractivity contribution in [2.24, 2.45) is 5.92 Å². The van der Waals surface area contributed by atoms with Gasteiger partial charge >= 0.3 is 0 Å². The number of carbonyl (C=O) groups is 1. The standard InChI is InChI=1S/C21H25N3O2S2/c25-20(23-5-8-27-9-6-23)18-3-4-19-16-10-15(12-24(19)21(18)26)11-22(13-16)14-17-2-1-7-28-17/h1-4,7,15-16H,5-6,8-14H2/t15-,16+/m0/s1. The topological polar surface area (TPSA) is 45.6 Å². The van der Waals surface area contributed by atoms with Crippen LogP contribution >= 0.6 is 23.1 Å². The zero-order valence-corrected chi connectivity index (χ0v) is 17.5. The van der Waals surface area contributed by atoms with Crippen LogP contribution in [0.2, 0.25) is 0 Å². The predicted octanol–water partition coefficient (Wildman–Crippen LogP) is 2.72. The van der Waals surface area contributed by atoms with Crippen molar-refractivity contribution in [1.29, 1.82) is 0 Å². The normalized spacial score (nSPS) is 24.8. The number of thioether (sulfide) groups is 1. The summed E-state index contributed by atoms with van der Waals surface area (Å²) in [7, 11) is 0. The van der Waals surface area contributed by atoms with E-state index in [1.165, 1.54) is 4.88 Å². The maximum absolute atomic E-state index is 13.2. The monoisotopic (exact) mass is 415 g/mol. The number of amides is 1. The molecule has 2 aromatic rings. The number of hydrogen-bond acceptors (Lipinski definition) is 5. The summed E-state index contributed by atoms with van der Waals surface area (Å²) in [6.07, 6.45) is 1.15. The Morgan fingerprint density at radius 2 is 1.96 bits per heavy atom. The minimum atomic E-state index is -0.0874. The van der Waals surface area contributed by atoms with E-state index < -0.39 is 0 Å². The van der Waals surface area contributed by atoms with E-state index in [9.17, 15) is 9.59 Å². The van der Waals surface area contributed by atoms with Gasteiger partial charge in [-0.1, -0.05) is 6.07 Å². The Morgan fingerprint density at radius 3 is 2.75 bits per heavy atom. The number of pyridine rings is 1. The Hall–Kier alpha value is -1.57. The van der Waals surface area contributed by atoms with Crippen molar-refractivity contribution in [3.05, 3.63) is 56.1 Å². The Kier molecular flexibility index (Phi) is 5.07. The molecule has 2 saturated heterocycles. The van der Waals surface area contributed by atoms with Crippen LogP contribution in [-0.2, 0) is 13.1 Å². The number of rotatable bonds is 3. The van der Waals surface area contributed by atoms with E-state index in [0.29, 0.717) is 17.4 Å². The molecule has 0 spiro atoms. The summed E-state index contributed by atoms with van der Waals surface area (Å²) in [4.78, 5) is 31.8. The highest BCUT2D eigenvalue weighted by molar-refractivity contribution is 7.99. The molecule has 1 amide bonds. The van der Waals surface area contributed by atoms with Crippen LogP contribution in [0.5, 0.6) is 0 Å². The molecule has 3 aliphatic rings. The number of aromatic nitrogens is 1. The SMILES string of the molecule is O=C(c1ccc2n(c1=O)C[C@H]1C[C@@H]2CN(Cc2cccs2)C1)N1CCSCC1. The number of nitrogens with zero attached hydrogens (tertiary/aromatic N) is 3. The second kappa shape index (κ2) is 7.69. The van der Waals surface area contributed by atoms with Crippen LogP contribution in [0.15, 0.2) is 34.4 Å². The summed E-state index contributed by atoms with van der Waals surface area (Å²) >= 11 is 3.68. The van der Waals surface area contributed by atoms with Crippen LogP contribution < -0.4 is 5.56 Å². The van der Waals surface area contributed by atoms with Crippen molar-refractivity contribution in [3.8, 4) is 0 Å². The fraction of sp³-hybridized carbons (Fsp3) is 0.524. The molecule has 7 heteroatoms. The van der Waals surface area contributed by atoms with Gasteiger partial charge in [-0.25, -0.2) is 0 Å². The molecule has 0 radical (unpaired) electrons. The highest BCUT2D eigenvalue weighted by Crippen LogP contribution is 2.36. The Balaban J connectivity index is 1.39. The molecular weight excluding hydrogens is 390 g/mol. The number of carbonyl (C=O) groups excluding carboxylic acids is 1. The van der Waals surface area contributed by atoms with Crippen LogP contribution in [0.1, 0.15) is 33.3 Å². The van der Waals surface area contributed by atoms with E-state index in [2.05, 4.69) is 22.4 Å². The van der Waals surface area contributed by atoms with E-state index in [-0.39, 0.29) is 11.5 Å². The van der Waals surface area contributed by atoms with E-state index in [1.54, 1.807) is 6.07 Å². The second-order valence-corrected chi connectivity index (χ2v) is 10.3. The maximum atomic E-state index is 13.2. The molecular formula is C21H25N3O2S2. The van der Waals surface area contributed by atoms with Gasteiger partial charge in [-0.3, -0.25) is 14.5 Å². The summed E-state index contributed by atoms with van der Waals surface area (Å²) in [5.41, 5.74) is 1.39. The number of fused-ring (bicyclic) bond motifs is 4. The van der Waals surface area contributed by atoms with Gasteiger partial charge in [0.15, 0.2) is 0 Å². The summed E-state index contributed by atoms with van der Waals surface area (Å²) < 4.78 is 1.91. The molecule has 5 heterocycles. The molecule has 0 aliphatic carbocycles. The van der Waals surface area contributed by atoms with E-state index in [4.69, 9.17) is 0 Å². The van der Waals surface area contributed by atoms with Crippen LogP contribution in [0.4, 0.5) is 0 Å². The largest absolute Gasteiger partial charge is 0.337 e. The number of hydrogen-bond donors (Lipinski definition) is 0. The van der Waals surface area contributed by atoms with Crippen LogP contribution in [0.25, 0.3) is 0 Å². The molecule has 3 aliphatic heterocycles. The first-order chi connectivity index (χ1) is 13.7. The fourth-order valence-corrected chi connectivity index (χ4v) is 6.55. The lowest BCUT2D eigenvalue weighted by Crippen LogP contribution is -2.48. The second-order valence-electron chi connectivity index (χ2n) is 8.06. The molecule has 2 bridgehead atoms.